The van der Waals surface area contributed by atoms with Gasteiger partial charge in [0.15, 0.2) is 0 Å². The summed E-state index contributed by atoms with van der Waals surface area (Å²) < 4.78 is 24.5. The van der Waals surface area contributed by atoms with Crippen molar-refractivity contribution < 1.29 is 8.78 Å². The summed E-state index contributed by atoms with van der Waals surface area (Å²) in [6, 6.07) is 0. The molecule has 1 aromatic heterocycles. The van der Waals surface area contributed by atoms with Gasteiger partial charge < -0.3 is 5.73 Å². The highest BCUT2D eigenvalue weighted by Gasteiger charge is 2.31. The summed E-state index contributed by atoms with van der Waals surface area (Å²) in [6.07, 6.45) is -0.800. The van der Waals surface area contributed by atoms with E-state index in [1.165, 1.54) is 18.3 Å². The average molecular weight is 192 g/mol. The number of hydrogen-bond donors (Lipinski definition) is 1. The van der Waals surface area contributed by atoms with Gasteiger partial charge in [0.25, 0.3) is 6.43 Å². The van der Waals surface area contributed by atoms with Crippen LogP contribution in [-0.4, -0.2) is 16.9 Å². The first kappa shape index (κ1) is 9.54. The van der Waals surface area contributed by atoms with Gasteiger partial charge in [0.05, 0.1) is 10.5 Å². The Labute approximate surface area is 73.4 Å². The van der Waals surface area contributed by atoms with Crippen molar-refractivity contribution >= 4 is 11.3 Å². The van der Waals surface area contributed by atoms with Crippen molar-refractivity contribution in [3.8, 4) is 0 Å². The third-order valence-electron chi connectivity index (χ3n) is 1.51. The molecule has 0 fully saturated rings. The van der Waals surface area contributed by atoms with Crippen LogP contribution < -0.4 is 5.73 Å². The van der Waals surface area contributed by atoms with Gasteiger partial charge in [0.2, 0.25) is 0 Å². The standard InChI is InChI=1S/C7H10F2N2S/c1-7(10,6(8)9)4-5-11-2-3-12-5/h2-3,6H,4,10H2,1H3. The summed E-state index contributed by atoms with van der Waals surface area (Å²) >= 11 is 1.34. The van der Waals surface area contributed by atoms with Crippen LogP contribution in [0.1, 0.15) is 11.9 Å². The van der Waals surface area contributed by atoms with Crippen molar-refractivity contribution in [2.24, 2.45) is 5.73 Å². The molecular weight excluding hydrogens is 182 g/mol. The predicted octanol–water partition coefficient (Wildman–Crippen LogP) is 1.67. The van der Waals surface area contributed by atoms with Crippen LogP contribution in [0.3, 0.4) is 0 Å². The zero-order valence-corrected chi connectivity index (χ0v) is 7.44. The highest BCUT2D eigenvalue weighted by atomic mass is 32.1. The van der Waals surface area contributed by atoms with Gasteiger partial charge in [-0.2, -0.15) is 0 Å². The van der Waals surface area contributed by atoms with Crippen LogP contribution in [0.25, 0.3) is 0 Å². The molecule has 0 aliphatic heterocycles. The van der Waals surface area contributed by atoms with Gasteiger partial charge in [-0.25, -0.2) is 13.8 Å². The lowest BCUT2D eigenvalue weighted by Crippen LogP contribution is -2.45. The Bertz CT molecular complexity index is 234. The Balaban J connectivity index is 2.62. The minimum atomic E-state index is -2.51. The van der Waals surface area contributed by atoms with Gasteiger partial charge in [-0.3, -0.25) is 0 Å². The number of aromatic nitrogens is 1. The Morgan fingerprint density at radius 1 is 1.75 bits per heavy atom. The fourth-order valence-corrected chi connectivity index (χ4v) is 1.54. The zero-order chi connectivity index (χ0) is 9.19. The molecule has 0 aromatic carbocycles. The second kappa shape index (κ2) is 3.45. The van der Waals surface area contributed by atoms with Crippen LogP contribution in [0.2, 0.25) is 0 Å². The van der Waals surface area contributed by atoms with E-state index in [1.807, 2.05) is 0 Å². The quantitative estimate of drug-likeness (QED) is 0.791. The highest BCUT2D eigenvalue weighted by molar-refractivity contribution is 7.09. The van der Waals surface area contributed by atoms with Crippen LogP contribution >= 0.6 is 11.3 Å². The molecule has 0 radical (unpaired) electrons. The number of alkyl halides is 2. The van der Waals surface area contributed by atoms with Gasteiger partial charge in [0, 0.05) is 18.0 Å². The van der Waals surface area contributed by atoms with E-state index >= 15 is 0 Å². The van der Waals surface area contributed by atoms with E-state index in [2.05, 4.69) is 4.98 Å². The minimum absolute atomic E-state index is 0.127. The number of rotatable bonds is 3. The fraction of sp³-hybridized carbons (Fsp3) is 0.571. The van der Waals surface area contributed by atoms with Gasteiger partial charge in [-0.1, -0.05) is 0 Å². The molecule has 12 heavy (non-hydrogen) atoms. The molecular formula is C7H10F2N2S. The van der Waals surface area contributed by atoms with Gasteiger partial charge >= 0.3 is 0 Å². The van der Waals surface area contributed by atoms with Crippen LogP contribution in [0.4, 0.5) is 8.78 Å². The Kier molecular flexibility index (Phi) is 2.74. The van der Waals surface area contributed by atoms with E-state index in [-0.39, 0.29) is 6.42 Å². The first-order valence-corrected chi connectivity index (χ1v) is 4.36. The summed E-state index contributed by atoms with van der Waals surface area (Å²) in [7, 11) is 0. The van der Waals surface area contributed by atoms with E-state index in [4.69, 9.17) is 5.73 Å². The monoisotopic (exact) mass is 192 g/mol. The number of thiazole rings is 1. The molecule has 0 bridgehead atoms. The molecule has 68 valence electrons. The minimum Gasteiger partial charge on any atom is -0.320 e. The Morgan fingerprint density at radius 3 is 2.83 bits per heavy atom. The van der Waals surface area contributed by atoms with Crippen LogP contribution in [0.5, 0.6) is 0 Å². The first-order chi connectivity index (χ1) is 5.52. The third-order valence-corrected chi connectivity index (χ3v) is 2.29. The van der Waals surface area contributed by atoms with Crippen LogP contribution in [-0.2, 0) is 6.42 Å². The molecule has 0 aliphatic rings. The maximum absolute atomic E-state index is 12.3. The average Bonchev–Trinajstić information content (AvgIpc) is 2.38. The third kappa shape index (κ3) is 2.22. The molecule has 1 unspecified atom stereocenters. The van der Waals surface area contributed by atoms with E-state index in [9.17, 15) is 8.78 Å². The van der Waals surface area contributed by atoms with E-state index in [1.54, 1.807) is 11.6 Å². The summed E-state index contributed by atoms with van der Waals surface area (Å²) in [5, 5.41) is 2.40. The Hall–Kier alpha value is -0.550. The topological polar surface area (TPSA) is 38.9 Å². The molecule has 0 saturated heterocycles. The maximum atomic E-state index is 12.3. The van der Waals surface area contributed by atoms with E-state index in [0.717, 1.165) is 0 Å². The van der Waals surface area contributed by atoms with Crippen molar-refractivity contribution in [3.05, 3.63) is 16.6 Å². The number of nitrogens with two attached hydrogens (primary N) is 1. The largest absolute Gasteiger partial charge is 0.320 e. The molecule has 0 aliphatic carbocycles. The molecule has 1 rings (SSSR count). The smallest absolute Gasteiger partial charge is 0.256 e. The second-order valence-electron chi connectivity index (χ2n) is 2.91. The van der Waals surface area contributed by atoms with Crippen LogP contribution in [0.15, 0.2) is 11.6 Å². The number of nitrogens with zero attached hydrogens (tertiary/aromatic N) is 1. The van der Waals surface area contributed by atoms with Gasteiger partial charge in [0.1, 0.15) is 0 Å². The molecule has 1 aromatic rings. The summed E-state index contributed by atoms with van der Waals surface area (Å²) in [5.74, 6) is 0. The summed E-state index contributed by atoms with van der Waals surface area (Å²) in [5.41, 5.74) is 3.91. The first-order valence-electron chi connectivity index (χ1n) is 3.48. The summed E-state index contributed by atoms with van der Waals surface area (Å²) in [6.45, 7) is 1.33. The molecule has 5 heteroatoms. The van der Waals surface area contributed by atoms with Crippen molar-refractivity contribution in [3.63, 3.8) is 0 Å². The highest BCUT2D eigenvalue weighted by Crippen LogP contribution is 2.19. The second-order valence-corrected chi connectivity index (χ2v) is 3.89. The lowest BCUT2D eigenvalue weighted by atomic mass is 10.0. The molecule has 0 saturated carbocycles. The van der Waals surface area contributed by atoms with Crippen molar-refractivity contribution in [1.82, 2.24) is 4.98 Å². The molecule has 2 N–H and O–H groups in total. The lowest BCUT2D eigenvalue weighted by molar-refractivity contribution is 0.0639. The van der Waals surface area contributed by atoms with Gasteiger partial charge in [-0.05, 0) is 6.92 Å². The van der Waals surface area contributed by atoms with Crippen molar-refractivity contribution in [2.45, 2.75) is 25.3 Å². The Morgan fingerprint density at radius 2 is 2.42 bits per heavy atom. The van der Waals surface area contributed by atoms with Gasteiger partial charge in [-0.15, -0.1) is 11.3 Å². The summed E-state index contributed by atoms with van der Waals surface area (Å²) in [4.78, 5) is 3.89. The SMILES string of the molecule is CC(N)(Cc1nccs1)C(F)F. The molecule has 1 atom stereocenters. The predicted molar refractivity (Wildman–Crippen MR) is 44.4 cm³/mol. The molecule has 1 heterocycles. The normalized spacial score (nSPS) is 16.4. The van der Waals surface area contributed by atoms with Crippen molar-refractivity contribution in [1.29, 1.82) is 0 Å². The van der Waals surface area contributed by atoms with Crippen molar-refractivity contribution in [2.75, 3.05) is 0 Å². The maximum Gasteiger partial charge on any atom is 0.256 e. The molecule has 2 nitrogen and oxygen atoms in total. The fourth-order valence-electron chi connectivity index (χ4n) is 0.743. The van der Waals surface area contributed by atoms with E-state index < -0.39 is 12.0 Å². The molecule has 0 spiro atoms. The zero-order valence-electron chi connectivity index (χ0n) is 6.63. The number of hydrogen-bond acceptors (Lipinski definition) is 3. The number of halogens is 2. The molecule has 0 amide bonds. The van der Waals surface area contributed by atoms with Crippen LogP contribution in [0, 0.1) is 0 Å². The lowest BCUT2D eigenvalue weighted by Gasteiger charge is -2.21. The van der Waals surface area contributed by atoms with E-state index in [0.29, 0.717) is 5.01 Å².